The first-order chi connectivity index (χ1) is 11.7. The lowest BCUT2D eigenvalue weighted by Crippen LogP contribution is -2.43. The Labute approximate surface area is 143 Å². The van der Waals surface area contributed by atoms with E-state index in [2.05, 4.69) is 26.6 Å². The van der Waals surface area contributed by atoms with Crippen molar-refractivity contribution in [2.75, 3.05) is 24.6 Å². The van der Waals surface area contributed by atoms with Gasteiger partial charge in [0.1, 0.15) is 5.82 Å². The SMILES string of the molecule is O=C(NCc1ccnc(N2CCCC2)c1)NC1CCC(CO)CC1. The zero-order valence-electron chi connectivity index (χ0n) is 14.2. The van der Waals surface area contributed by atoms with Gasteiger partial charge in [-0.25, -0.2) is 9.78 Å². The number of aromatic nitrogens is 1. The first-order valence-electron chi connectivity index (χ1n) is 9.09. The minimum atomic E-state index is -0.109. The van der Waals surface area contributed by atoms with Gasteiger partial charge in [0.05, 0.1) is 0 Å². The van der Waals surface area contributed by atoms with E-state index in [1.54, 1.807) is 0 Å². The maximum Gasteiger partial charge on any atom is 0.315 e. The molecule has 2 aliphatic rings. The molecule has 3 rings (SSSR count). The van der Waals surface area contributed by atoms with Crippen molar-refractivity contribution in [1.82, 2.24) is 15.6 Å². The van der Waals surface area contributed by atoms with Gasteiger partial charge in [0.25, 0.3) is 0 Å². The summed E-state index contributed by atoms with van der Waals surface area (Å²) in [5, 5.41) is 15.2. The number of aliphatic hydroxyl groups is 1. The van der Waals surface area contributed by atoms with Gasteiger partial charge in [-0.3, -0.25) is 0 Å². The highest BCUT2D eigenvalue weighted by molar-refractivity contribution is 5.74. The normalized spacial score (nSPS) is 24.0. The van der Waals surface area contributed by atoms with Crippen LogP contribution in [0.3, 0.4) is 0 Å². The van der Waals surface area contributed by atoms with Crippen LogP contribution in [0, 0.1) is 5.92 Å². The highest BCUT2D eigenvalue weighted by atomic mass is 16.3. The number of hydrogen-bond donors (Lipinski definition) is 3. The zero-order valence-corrected chi connectivity index (χ0v) is 14.2. The third kappa shape index (κ3) is 4.60. The van der Waals surface area contributed by atoms with Gasteiger partial charge in [-0.1, -0.05) is 0 Å². The van der Waals surface area contributed by atoms with Crippen molar-refractivity contribution in [3.05, 3.63) is 23.9 Å². The fraction of sp³-hybridized carbons (Fsp3) is 0.667. The number of amides is 2. The van der Waals surface area contributed by atoms with E-state index in [4.69, 9.17) is 5.11 Å². The third-order valence-corrected chi connectivity index (χ3v) is 5.13. The highest BCUT2D eigenvalue weighted by Gasteiger charge is 2.21. The molecule has 2 amide bonds. The van der Waals surface area contributed by atoms with E-state index in [0.29, 0.717) is 12.5 Å². The number of anilines is 1. The number of nitrogens with zero attached hydrogens (tertiary/aromatic N) is 2. The van der Waals surface area contributed by atoms with Crippen molar-refractivity contribution in [3.8, 4) is 0 Å². The molecule has 1 aliphatic heterocycles. The first-order valence-corrected chi connectivity index (χ1v) is 9.09. The Morgan fingerprint density at radius 3 is 2.71 bits per heavy atom. The van der Waals surface area contributed by atoms with Crippen LogP contribution in [0.5, 0.6) is 0 Å². The second-order valence-corrected chi connectivity index (χ2v) is 6.94. The van der Waals surface area contributed by atoms with Crippen molar-refractivity contribution in [3.63, 3.8) is 0 Å². The van der Waals surface area contributed by atoms with E-state index >= 15 is 0 Å². The summed E-state index contributed by atoms with van der Waals surface area (Å²) in [5.41, 5.74) is 1.08. The molecule has 0 aromatic carbocycles. The molecule has 1 saturated carbocycles. The molecule has 3 N–H and O–H groups in total. The van der Waals surface area contributed by atoms with Gasteiger partial charge in [-0.15, -0.1) is 0 Å². The van der Waals surface area contributed by atoms with Gasteiger partial charge in [0, 0.05) is 38.5 Å². The predicted molar refractivity (Wildman–Crippen MR) is 93.9 cm³/mol. The summed E-state index contributed by atoms with van der Waals surface area (Å²) in [5.74, 6) is 1.42. The van der Waals surface area contributed by atoms with Crippen LogP contribution in [0.25, 0.3) is 0 Å². The smallest absolute Gasteiger partial charge is 0.315 e. The van der Waals surface area contributed by atoms with E-state index in [0.717, 1.165) is 50.2 Å². The highest BCUT2D eigenvalue weighted by Crippen LogP contribution is 2.23. The molecule has 1 saturated heterocycles. The van der Waals surface area contributed by atoms with Crippen LogP contribution in [0.15, 0.2) is 18.3 Å². The topological polar surface area (TPSA) is 77.5 Å². The molecular weight excluding hydrogens is 304 g/mol. The van der Waals surface area contributed by atoms with Crippen LogP contribution in [0.1, 0.15) is 44.1 Å². The maximum absolute atomic E-state index is 12.1. The Balaban J connectivity index is 1.43. The molecule has 1 aliphatic carbocycles. The van der Waals surface area contributed by atoms with Gasteiger partial charge in [-0.2, -0.15) is 0 Å². The summed E-state index contributed by atoms with van der Waals surface area (Å²) in [7, 11) is 0. The number of carbonyl (C=O) groups is 1. The van der Waals surface area contributed by atoms with Gasteiger partial charge >= 0.3 is 6.03 Å². The van der Waals surface area contributed by atoms with Gasteiger partial charge in [0.2, 0.25) is 0 Å². The number of rotatable bonds is 5. The molecule has 0 bridgehead atoms. The minimum absolute atomic E-state index is 0.109. The van der Waals surface area contributed by atoms with E-state index in [1.165, 1.54) is 12.8 Å². The number of nitrogens with one attached hydrogen (secondary N) is 2. The molecule has 6 heteroatoms. The Bertz CT molecular complexity index is 538. The van der Waals surface area contributed by atoms with Crippen molar-refractivity contribution in [1.29, 1.82) is 0 Å². The molecule has 24 heavy (non-hydrogen) atoms. The quantitative estimate of drug-likeness (QED) is 0.771. The predicted octanol–water partition coefficient (Wildman–Crippen LogP) is 2.03. The van der Waals surface area contributed by atoms with Crippen LogP contribution in [0.4, 0.5) is 10.6 Å². The van der Waals surface area contributed by atoms with Gasteiger partial charge < -0.3 is 20.6 Å². The van der Waals surface area contributed by atoms with Crippen molar-refractivity contribution in [2.24, 2.45) is 5.92 Å². The van der Waals surface area contributed by atoms with E-state index < -0.39 is 0 Å². The van der Waals surface area contributed by atoms with Crippen molar-refractivity contribution >= 4 is 11.8 Å². The van der Waals surface area contributed by atoms with Crippen LogP contribution in [0.2, 0.25) is 0 Å². The lowest BCUT2D eigenvalue weighted by Gasteiger charge is -2.28. The van der Waals surface area contributed by atoms with Crippen LogP contribution in [-0.2, 0) is 6.54 Å². The molecule has 1 aromatic heterocycles. The Morgan fingerprint density at radius 2 is 2.00 bits per heavy atom. The summed E-state index contributed by atoms with van der Waals surface area (Å²) in [6.07, 6.45) is 8.16. The van der Waals surface area contributed by atoms with E-state index in [-0.39, 0.29) is 18.7 Å². The minimum Gasteiger partial charge on any atom is -0.396 e. The molecule has 0 atom stereocenters. The Kier molecular flexibility index (Phi) is 5.91. The summed E-state index contributed by atoms with van der Waals surface area (Å²) >= 11 is 0. The Hall–Kier alpha value is -1.82. The largest absolute Gasteiger partial charge is 0.396 e. The average molecular weight is 332 g/mol. The van der Waals surface area contributed by atoms with Crippen molar-refractivity contribution in [2.45, 2.75) is 51.1 Å². The molecule has 0 radical (unpaired) electrons. The molecule has 132 valence electrons. The summed E-state index contributed by atoms with van der Waals surface area (Å²) in [4.78, 5) is 18.8. The lowest BCUT2D eigenvalue weighted by atomic mass is 9.87. The van der Waals surface area contributed by atoms with Gasteiger partial charge in [0.15, 0.2) is 0 Å². The molecule has 2 heterocycles. The number of urea groups is 1. The Morgan fingerprint density at radius 1 is 1.25 bits per heavy atom. The third-order valence-electron chi connectivity index (χ3n) is 5.13. The monoisotopic (exact) mass is 332 g/mol. The number of pyridine rings is 1. The average Bonchev–Trinajstić information content (AvgIpc) is 3.16. The van der Waals surface area contributed by atoms with Crippen LogP contribution >= 0.6 is 0 Å². The first kappa shape index (κ1) is 17.0. The van der Waals surface area contributed by atoms with Crippen molar-refractivity contribution < 1.29 is 9.90 Å². The fourth-order valence-electron chi connectivity index (χ4n) is 3.60. The summed E-state index contributed by atoms with van der Waals surface area (Å²) < 4.78 is 0. The molecule has 1 aromatic rings. The maximum atomic E-state index is 12.1. The van der Waals surface area contributed by atoms with Crippen LogP contribution < -0.4 is 15.5 Å². The molecule has 2 fully saturated rings. The second kappa shape index (κ2) is 8.33. The molecule has 6 nitrogen and oxygen atoms in total. The molecular formula is C18H28N4O2. The fourth-order valence-corrected chi connectivity index (χ4v) is 3.60. The second-order valence-electron chi connectivity index (χ2n) is 6.94. The standard InChI is InChI=1S/C18H28N4O2/c23-13-14-3-5-16(6-4-14)21-18(24)20-12-15-7-8-19-17(11-15)22-9-1-2-10-22/h7-8,11,14,16,23H,1-6,9-10,12-13H2,(H2,20,21,24). The van der Waals surface area contributed by atoms with E-state index in [9.17, 15) is 4.79 Å². The number of aliphatic hydroxyl groups excluding tert-OH is 1. The summed E-state index contributed by atoms with van der Waals surface area (Å²) in [6, 6.07) is 4.14. The number of carbonyl (C=O) groups excluding carboxylic acids is 1. The summed E-state index contributed by atoms with van der Waals surface area (Å²) in [6.45, 7) is 2.92. The molecule has 0 spiro atoms. The van der Waals surface area contributed by atoms with Crippen LogP contribution in [-0.4, -0.2) is 41.9 Å². The zero-order chi connectivity index (χ0) is 16.8. The molecule has 0 unspecified atom stereocenters. The van der Waals surface area contributed by atoms with E-state index in [1.807, 2.05) is 12.3 Å². The lowest BCUT2D eigenvalue weighted by molar-refractivity contribution is 0.174. The van der Waals surface area contributed by atoms with Gasteiger partial charge in [-0.05, 0) is 62.1 Å². The number of hydrogen-bond acceptors (Lipinski definition) is 4.